The summed E-state index contributed by atoms with van der Waals surface area (Å²) in [6.45, 7) is 1.11. The van der Waals surface area contributed by atoms with Gasteiger partial charge in [0.25, 0.3) is 11.1 Å². The van der Waals surface area contributed by atoms with Crippen LogP contribution in [0, 0.1) is 0 Å². The molecule has 0 aromatic carbocycles. The van der Waals surface area contributed by atoms with E-state index < -0.39 is 34.6 Å². The maximum Gasteiger partial charge on any atom is 0.348 e. The summed E-state index contributed by atoms with van der Waals surface area (Å²) >= 11 is 6.14. The molecule has 172 valence electrons. The fourth-order valence-corrected chi connectivity index (χ4v) is 4.18. The Balaban J connectivity index is 1.83. The van der Waals surface area contributed by atoms with Gasteiger partial charge < -0.3 is 14.6 Å². The molecule has 2 saturated heterocycles. The van der Waals surface area contributed by atoms with Crippen LogP contribution in [0.2, 0.25) is 0 Å². The summed E-state index contributed by atoms with van der Waals surface area (Å²) in [5, 5.41) is 9.92. The van der Waals surface area contributed by atoms with Gasteiger partial charge in [0.2, 0.25) is 6.17 Å². The van der Waals surface area contributed by atoms with Crippen molar-refractivity contribution in [2.75, 3.05) is 13.2 Å². The van der Waals surface area contributed by atoms with Crippen molar-refractivity contribution in [3.8, 4) is 0 Å². The first-order valence-corrected chi connectivity index (χ1v) is 11.3. The van der Waals surface area contributed by atoms with Gasteiger partial charge in [0.1, 0.15) is 0 Å². The molecule has 0 spiro atoms. The van der Waals surface area contributed by atoms with Crippen LogP contribution >= 0.6 is 31.9 Å². The number of aromatic nitrogens is 4. The monoisotopic (exact) mass is 576 g/mol. The van der Waals surface area contributed by atoms with E-state index in [4.69, 9.17) is 9.47 Å². The van der Waals surface area contributed by atoms with Crippen LogP contribution in [0.4, 0.5) is 0 Å². The Hall–Kier alpha value is -2.29. The molecule has 0 bridgehead atoms. The van der Waals surface area contributed by atoms with Crippen molar-refractivity contribution in [3.05, 3.63) is 63.0 Å². The quantitative estimate of drug-likeness (QED) is 0.394. The number of aliphatic carboxylic acids is 1. The molecule has 0 aliphatic carbocycles. The number of rotatable bonds is 9. The Bertz CT molecular complexity index is 1210. The molecule has 1 N–H and O–H groups in total. The van der Waals surface area contributed by atoms with Crippen molar-refractivity contribution in [1.29, 1.82) is 0 Å². The van der Waals surface area contributed by atoms with E-state index in [9.17, 15) is 29.1 Å². The van der Waals surface area contributed by atoms with E-state index in [1.165, 1.54) is 0 Å². The van der Waals surface area contributed by atoms with Crippen molar-refractivity contribution >= 4 is 37.8 Å². The molecule has 0 radical (unpaired) electrons. The number of carboxylic acids is 1. The SMILES string of the molecule is O=C(O)C(n1cc(Br)c(=O)n(CC[C@H]2CO2)c1=O)n1cc(Br)c(=O)n(CC[C@H]2CO2)c1=O. The molecule has 4 heterocycles. The Labute approximate surface area is 195 Å². The molecular weight excluding hydrogens is 560 g/mol. The molecule has 2 aromatic heterocycles. The number of halogens is 2. The van der Waals surface area contributed by atoms with Gasteiger partial charge in [-0.05, 0) is 44.7 Å². The van der Waals surface area contributed by atoms with Crippen molar-refractivity contribution in [3.63, 3.8) is 0 Å². The highest BCUT2D eigenvalue weighted by Gasteiger charge is 2.30. The van der Waals surface area contributed by atoms with Gasteiger partial charge in [-0.1, -0.05) is 0 Å². The van der Waals surface area contributed by atoms with Crippen LogP contribution < -0.4 is 22.5 Å². The first-order valence-electron chi connectivity index (χ1n) is 9.68. The number of hydrogen-bond acceptors (Lipinski definition) is 7. The number of ether oxygens (including phenoxy) is 2. The summed E-state index contributed by atoms with van der Waals surface area (Å²) < 4.78 is 13.4. The van der Waals surface area contributed by atoms with Gasteiger partial charge in [-0.3, -0.25) is 27.9 Å². The van der Waals surface area contributed by atoms with Gasteiger partial charge >= 0.3 is 17.3 Å². The van der Waals surface area contributed by atoms with Gasteiger partial charge in [-0.25, -0.2) is 14.4 Å². The third-order valence-corrected chi connectivity index (χ3v) is 6.30. The molecule has 0 saturated carbocycles. The lowest BCUT2D eigenvalue weighted by Gasteiger charge is -2.21. The predicted octanol–water partition coefficient (Wildman–Crippen LogP) is -0.432. The van der Waals surface area contributed by atoms with Gasteiger partial charge in [0, 0.05) is 25.5 Å². The van der Waals surface area contributed by atoms with Crippen molar-refractivity contribution in [1.82, 2.24) is 18.3 Å². The zero-order valence-electron chi connectivity index (χ0n) is 16.5. The standard InChI is InChI=1S/C18H18Br2N4O8/c19-11-5-23(17(29)21(14(11)25)3-1-9-7-31-9)13(16(27)28)24-6-12(20)15(26)22(18(24)30)4-2-10-8-32-10/h5-6,9-10,13H,1-4,7-8H2,(H,27,28)/t9-,10-/m0/s1. The average molecular weight is 578 g/mol. The van der Waals surface area contributed by atoms with Crippen molar-refractivity contribution in [2.24, 2.45) is 0 Å². The first kappa shape index (κ1) is 22.9. The molecule has 32 heavy (non-hydrogen) atoms. The largest absolute Gasteiger partial charge is 0.478 e. The van der Waals surface area contributed by atoms with E-state index >= 15 is 0 Å². The number of carbonyl (C=O) groups is 1. The van der Waals surface area contributed by atoms with Crippen molar-refractivity contribution < 1.29 is 19.4 Å². The molecule has 4 rings (SSSR count). The number of hydrogen-bond donors (Lipinski definition) is 1. The summed E-state index contributed by atoms with van der Waals surface area (Å²) in [7, 11) is 0. The Morgan fingerprint density at radius 1 is 0.906 bits per heavy atom. The lowest BCUT2D eigenvalue weighted by Crippen LogP contribution is -2.49. The summed E-state index contributed by atoms with van der Waals surface area (Å²) in [4.78, 5) is 63.2. The number of epoxide rings is 2. The molecular formula is C18H18Br2N4O8. The third kappa shape index (κ3) is 4.58. The van der Waals surface area contributed by atoms with E-state index in [0.29, 0.717) is 26.1 Å². The maximum absolute atomic E-state index is 13.1. The molecule has 0 unspecified atom stereocenters. The third-order valence-electron chi connectivity index (χ3n) is 5.21. The van der Waals surface area contributed by atoms with E-state index in [0.717, 1.165) is 30.7 Å². The minimum absolute atomic E-state index is 0.0214. The molecule has 0 amide bonds. The summed E-state index contributed by atoms with van der Waals surface area (Å²) in [5.41, 5.74) is -3.06. The summed E-state index contributed by atoms with van der Waals surface area (Å²) in [6, 6.07) is 0. The molecule has 2 aliphatic rings. The van der Waals surface area contributed by atoms with E-state index in [1.807, 2.05) is 0 Å². The normalized spacial score (nSPS) is 19.3. The average Bonchev–Trinajstić information content (AvgIpc) is 3.64. The van der Waals surface area contributed by atoms with Gasteiger partial charge in [0.15, 0.2) is 0 Å². The van der Waals surface area contributed by atoms with Crippen LogP contribution in [-0.2, 0) is 27.4 Å². The fraction of sp³-hybridized carbons (Fsp3) is 0.500. The van der Waals surface area contributed by atoms with Gasteiger partial charge in [-0.15, -0.1) is 0 Å². The van der Waals surface area contributed by atoms with E-state index in [-0.39, 0.29) is 34.2 Å². The van der Waals surface area contributed by atoms with E-state index in [2.05, 4.69) is 31.9 Å². The zero-order valence-corrected chi connectivity index (χ0v) is 19.7. The second-order valence-electron chi connectivity index (χ2n) is 7.45. The second kappa shape index (κ2) is 8.92. The molecule has 2 aromatic rings. The lowest BCUT2D eigenvalue weighted by atomic mass is 10.3. The Morgan fingerprint density at radius 3 is 1.59 bits per heavy atom. The van der Waals surface area contributed by atoms with Crippen molar-refractivity contribution in [2.45, 2.75) is 44.3 Å². The second-order valence-corrected chi connectivity index (χ2v) is 9.16. The summed E-state index contributed by atoms with van der Waals surface area (Å²) in [6.07, 6.45) is 0.924. The maximum atomic E-state index is 13.1. The van der Waals surface area contributed by atoms with Crippen LogP contribution in [0.3, 0.4) is 0 Å². The Morgan fingerprint density at radius 2 is 1.28 bits per heavy atom. The van der Waals surface area contributed by atoms with Crippen LogP contribution in [0.1, 0.15) is 19.0 Å². The highest BCUT2D eigenvalue weighted by molar-refractivity contribution is 9.10. The molecule has 12 nitrogen and oxygen atoms in total. The molecule has 2 aliphatic heterocycles. The lowest BCUT2D eigenvalue weighted by molar-refractivity contribution is -0.142. The van der Waals surface area contributed by atoms with Crippen LogP contribution in [0.15, 0.2) is 40.5 Å². The smallest absolute Gasteiger partial charge is 0.348 e. The van der Waals surface area contributed by atoms with Gasteiger partial charge in [0.05, 0.1) is 34.4 Å². The van der Waals surface area contributed by atoms with E-state index in [1.54, 1.807) is 0 Å². The first-order chi connectivity index (χ1) is 15.2. The van der Waals surface area contributed by atoms with Crippen LogP contribution in [0.5, 0.6) is 0 Å². The minimum Gasteiger partial charge on any atom is -0.478 e. The molecule has 2 fully saturated rings. The Kier molecular flexibility index (Phi) is 6.38. The van der Waals surface area contributed by atoms with Crippen LogP contribution in [0.25, 0.3) is 0 Å². The highest BCUT2D eigenvalue weighted by Crippen LogP contribution is 2.16. The fourth-order valence-electron chi connectivity index (χ4n) is 3.31. The van der Waals surface area contributed by atoms with Gasteiger partial charge in [-0.2, -0.15) is 0 Å². The molecule has 2 atom stereocenters. The highest BCUT2D eigenvalue weighted by atomic mass is 79.9. The number of carboxylic acid groups (broad SMARTS) is 1. The van der Waals surface area contributed by atoms with Crippen LogP contribution in [-0.4, -0.2) is 54.8 Å². The molecule has 14 heteroatoms. The number of nitrogens with zero attached hydrogens (tertiary/aromatic N) is 4. The summed E-state index contributed by atoms with van der Waals surface area (Å²) in [5.74, 6) is -1.53. The topological polar surface area (TPSA) is 150 Å². The predicted molar refractivity (Wildman–Crippen MR) is 116 cm³/mol. The zero-order chi connectivity index (χ0) is 23.2. The minimum atomic E-state index is -1.84.